The Morgan fingerprint density at radius 1 is 1.29 bits per heavy atom. The van der Waals surface area contributed by atoms with Crippen LogP contribution in [0.1, 0.15) is 40.5 Å². The van der Waals surface area contributed by atoms with Gasteiger partial charge in [-0.15, -0.1) is 6.58 Å². The van der Waals surface area contributed by atoms with Crippen LogP contribution < -0.4 is 0 Å². The molecular formula is C15H29NO. The third-order valence-electron chi connectivity index (χ3n) is 3.53. The van der Waals surface area contributed by atoms with E-state index in [4.69, 9.17) is 0 Å². The average Bonchev–Trinajstić information content (AvgIpc) is 2.24. The van der Waals surface area contributed by atoms with Gasteiger partial charge in [-0.2, -0.15) is 0 Å². The van der Waals surface area contributed by atoms with Crippen molar-refractivity contribution in [2.24, 2.45) is 23.7 Å². The first-order chi connectivity index (χ1) is 7.86. The molecule has 0 radical (unpaired) electrons. The highest BCUT2D eigenvalue weighted by Crippen LogP contribution is 2.32. The van der Waals surface area contributed by atoms with E-state index in [2.05, 4.69) is 34.3 Å². The average molecular weight is 239 g/mol. The molecule has 0 aromatic heterocycles. The molecule has 2 heteroatoms. The van der Waals surface area contributed by atoms with Crippen LogP contribution >= 0.6 is 0 Å². The Morgan fingerprint density at radius 2 is 1.82 bits per heavy atom. The molecule has 1 amide bonds. The zero-order valence-corrected chi connectivity index (χ0v) is 12.4. The topological polar surface area (TPSA) is 20.3 Å². The van der Waals surface area contributed by atoms with E-state index in [1.54, 1.807) is 4.90 Å². The van der Waals surface area contributed by atoms with E-state index in [0.29, 0.717) is 11.8 Å². The molecule has 3 unspecified atom stereocenters. The summed E-state index contributed by atoms with van der Waals surface area (Å²) in [4.78, 5) is 14.0. The van der Waals surface area contributed by atoms with Crippen molar-refractivity contribution in [3.8, 4) is 0 Å². The molecule has 0 aliphatic heterocycles. The van der Waals surface area contributed by atoms with Crippen LogP contribution in [0.2, 0.25) is 0 Å². The molecule has 0 aromatic rings. The normalized spacial score (nSPS) is 16.4. The van der Waals surface area contributed by atoms with Crippen LogP contribution in [0.3, 0.4) is 0 Å². The predicted molar refractivity (Wildman–Crippen MR) is 74.8 cm³/mol. The predicted octanol–water partition coefficient (Wildman–Crippen LogP) is 3.59. The smallest absolute Gasteiger partial charge is 0.226 e. The number of nitrogens with zero attached hydrogens (tertiary/aromatic N) is 1. The number of carbonyl (C=O) groups is 1. The van der Waals surface area contributed by atoms with Gasteiger partial charge in [-0.3, -0.25) is 4.79 Å². The first-order valence-electron chi connectivity index (χ1n) is 6.70. The second-order valence-electron chi connectivity index (χ2n) is 5.58. The van der Waals surface area contributed by atoms with Gasteiger partial charge in [-0.25, -0.2) is 0 Å². The molecule has 0 spiro atoms. The van der Waals surface area contributed by atoms with Gasteiger partial charge in [-0.1, -0.05) is 46.6 Å². The molecule has 0 saturated carbocycles. The number of hydrogen-bond acceptors (Lipinski definition) is 1. The second kappa shape index (κ2) is 7.52. The number of hydrogen-bond donors (Lipinski definition) is 0. The maximum Gasteiger partial charge on any atom is 0.226 e. The molecule has 0 fully saturated rings. The number of rotatable bonds is 7. The monoisotopic (exact) mass is 239 g/mol. The minimum absolute atomic E-state index is 0.0593. The number of amides is 1. The number of carbonyl (C=O) groups excluding carboxylic acids is 1. The first kappa shape index (κ1) is 16.2. The van der Waals surface area contributed by atoms with E-state index in [0.717, 1.165) is 12.8 Å². The summed E-state index contributed by atoms with van der Waals surface area (Å²) in [6.45, 7) is 12.6. The Kier molecular flexibility index (Phi) is 7.17. The molecule has 0 aliphatic carbocycles. The van der Waals surface area contributed by atoms with Crippen molar-refractivity contribution in [1.29, 1.82) is 0 Å². The van der Waals surface area contributed by atoms with Gasteiger partial charge >= 0.3 is 0 Å². The van der Waals surface area contributed by atoms with Gasteiger partial charge in [0.1, 0.15) is 0 Å². The maximum absolute atomic E-state index is 12.3. The summed E-state index contributed by atoms with van der Waals surface area (Å²) < 4.78 is 0. The standard InChI is InChI=1S/C15H29NO/c1-8-10-12(5)13(9-2)14(11(3)4)15(17)16(6)7/h9,11-14H,2,8,10H2,1,3-7H3. The van der Waals surface area contributed by atoms with Crippen LogP contribution in [-0.4, -0.2) is 24.9 Å². The summed E-state index contributed by atoms with van der Waals surface area (Å²) in [5.41, 5.74) is 0. The van der Waals surface area contributed by atoms with Crippen LogP contribution in [0, 0.1) is 23.7 Å². The van der Waals surface area contributed by atoms with E-state index < -0.39 is 0 Å². The summed E-state index contributed by atoms with van der Waals surface area (Å²) in [5.74, 6) is 1.45. The van der Waals surface area contributed by atoms with Gasteiger partial charge in [0, 0.05) is 20.0 Å². The van der Waals surface area contributed by atoms with Gasteiger partial charge < -0.3 is 4.90 Å². The summed E-state index contributed by atoms with van der Waals surface area (Å²) in [6, 6.07) is 0. The van der Waals surface area contributed by atoms with Gasteiger partial charge in [-0.05, 0) is 17.8 Å². The van der Waals surface area contributed by atoms with Crippen molar-refractivity contribution in [2.75, 3.05) is 14.1 Å². The van der Waals surface area contributed by atoms with Crippen molar-refractivity contribution >= 4 is 5.91 Å². The third kappa shape index (κ3) is 4.53. The zero-order chi connectivity index (χ0) is 13.6. The van der Waals surface area contributed by atoms with Crippen molar-refractivity contribution in [2.45, 2.75) is 40.5 Å². The Hall–Kier alpha value is -0.790. The van der Waals surface area contributed by atoms with E-state index in [1.165, 1.54) is 0 Å². The SMILES string of the molecule is C=CC(C(C)CCC)C(C(=O)N(C)C)C(C)C. The maximum atomic E-state index is 12.3. The van der Waals surface area contributed by atoms with E-state index in [1.807, 2.05) is 20.2 Å². The van der Waals surface area contributed by atoms with Crippen LogP contribution in [0.4, 0.5) is 0 Å². The molecule has 17 heavy (non-hydrogen) atoms. The lowest BCUT2D eigenvalue weighted by atomic mass is 9.74. The van der Waals surface area contributed by atoms with Gasteiger partial charge in [0.15, 0.2) is 0 Å². The summed E-state index contributed by atoms with van der Waals surface area (Å²) in [7, 11) is 3.67. The Labute approximate surface area is 107 Å². The highest BCUT2D eigenvalue weighted by atomic mass is 16.2. The molecule has 2 nitrogen and oxygen atoms in total. The Morgan fingerprint density at radius 3 is 2.12 bits per heavy atom. The Bertz CT molecular complexity index is 245. The third-order valence-corrected chi connectivity index (χ3v) is 3.53. The van der Waals surface area contributed by atoms with Crippen LogP contribution in [0.15, 0.2) is 12.7 Å². The minimum atomic E-state index is 0.0593. The van der Waals surface area contributed by atoms with Gasteiger partial charge in [0.25, 0.3) is 0 Å². The van der Waals surface area contributed by atoms with Crippen molar-refractivity contribution < 1.29 is 4.79 Å². The van der Waals surface area contributed by atoms with Crippen LogP contribution in [0.5, 0.6) is 0 Å². The second-order valence-corrected chi connectivity index (χ2v) is 5.58. The molecule has 100 valence electrons. The van der Waals surface area contributed by atoms with Crippen LogP contribution in [0.25, 0.3) is 0 Å². The van der Waals surface area contributed by atoms with E-state index in [9.17, 15) is 4.79 Å². The lowest BCUT2D eigenvalue weighted by Crippen LogP contribution is -2.38. The summed E-state index contributed by atoms with van der Waals surface area (Å²) in [5, 5.41) is 0. The largest absolute Gasteiger partial charge is 0.349 e. The summed E-state index contributed by atoms with van der Waals surface area (Å²) >= 11 is 0. The Balaban J connectivity index is 5.00. The highest BCUT2D eigenvalue weighted by Gasteiger charge is 2.33. The molecular weight excluding hydrogens is 210 g/mol. The fraction of sp³-hybridized carbons (Fsp3) is 0.800. The molecule has 3 atom stereocenters. The quantitative estimate of drug-likeness (QED) is 0.622. The fourth-order valence-corrected chi connectivity index (χ4v) is 2.57. The van der Waals surface area contributed by atoms with Gasteiger partial charge in [0.05, 0.1) is 0 Å². The zero-order valence-electron chi connectivity index (χ0n) is 12.4. The van der Waals surface area contributed by atoms with Crippen molar-refractivity contribution in [1.82, 2.24) is 4.90 Å². The molecule has 0 aromatic carbocycles. The number of allylic oxidation sites excluding steroid dienone is 1. The van der Waals surface area contributed by atoms with Gasteiger partial charge in [0.2, 0.25) is 5.91 Å². The van der Waals surface area contributed by atoms with E-state index in [-0.39, 0.29) is 17.7 Å². The molecule has 0 N–H and O–H groups in total. The lowest BCUT2D eigenvalue weighted by Gasteiger charge is -2.33. The van der Waals surface area contributed by atoms with Crippen LogP contribution in [-0.2, 0) is 4.79 Å². The fourth-order valence-electron chi connectivity index (χ4n) is 2.57. The molecule has 0 saturated heterocycles. The molecule has 0 aliphatic rings. The van der Waals surface area contributed by atoms with E-state index >= 15 is 0 Å². The lowest BCUT2D eigenvalue weighted by molar-refractivity contribution is -0.136. The molecule has 0 heterocycles. The highest BCUT2D eigenvalue weighted by molar-refractivity contribution is 5.79. The molecule has 0 rings (SSSR count). The van der Waals surface area contributed by atoms with Crippen molar-refractivity contribution in [3.05, 3.63) is 12.7 Å². The summed E-state index contributed by atoms with van der Waals surface area (Å²) in [6.07, 6.45) is 4.29. The molecule has 0 bridgehead atoms. The van der Waals surface area contributed by atoms with Crippen molar-refractivity contribution in [3.63, 3.8) is 0 Å². The minimum Gasteiger partial charge on any atom is -0.349 e. The first-order valence-corrected chi connectivity index (χ1v) is 6.70.